The number of aromatic amines is 2. The Morgan fingerprint density at radius 3 is 2.67 bits per heavy atom. The molecule has 4 N–H and O–H groups in total. The molecule has 2 aromatic heterocycles. The van der Waals surface area contributed by atoms with Gasteiger partial charge in [0, 0.05) is 54.8 Å². The normalized spacial score (nSPS) is 17.9. The summed E-state index contributed by atoms with van der Waals surface area (Å²) >= 11 is 7.13. The Kier molecular flexibility index (Phi) is 7.21. The molecule has 0 fully saturated rings. The van der Waals surface area contributed by atoms with Gasteiger partial charge in [-0.05, 0) is 52.3 Å². The third-order valence-corrected chi connectivity index (χ3v) is 6.81. The lowest BCUT2D eigenvalue weighted by Gasteiger charge is -2.22. The summed E-state index contributed by atoms with van der Waals surface area (Å²) in [7, 11) is 0. The summed E-state index contributed by atoms with van der Waals surface area (Å²) in [6, 6.07) is 5.03. The zero-order valence-electron chi connectivity index (χ0n) is 20.4. The summed E-state index contributed by atoms with van der Waals surface area (Å²) in [5.41, 5.74) is 1.21. The van der Waals surface area contributed by atoms with Crippen molar-refractivity contribution in [2.75, 3.05) is 6.54 Å². The van der Waals surface area contributed by atoms with Crippen LogP contribution in [0.3, 0.4) is 0 Å². The van der Waals surface area contributed by atoms with Crippen LogP contribution in [0.4, 0.5) is 4.79 Å². The molecular formula is C26H28Br2N4O4. The van der Waals surface area contributed by atoms with E-state index in [4.69, 9.17) is 4.74 Å². The average Bonchev–Trinajstić information content (AvgIpc) is 3.37. The molecule has 36 heavy (non-hydrogen) atoms. The molecule has 2 amide bonds. The number of H-pyrrole nitrogens is 2. The maximum absolute atomic E-state index is 13.2. The van der Waals surface area contributed by atoms with Gasteiger partial charge in [-0.25, -0.2) is 4.79 Å². The lowest BCUT2D eigenvalue weighted by Crippen LogP contribution is -2.43. The Morgan fingerprint density at radius 2 is 1.94 bits per heavy atom. The van der Waals surface area contributed by atoms with Crippen LogP contribution in [0.1, 0.15) is 56.1 Å². The van der Waals surface area contributed by atoms with Gasteiger partial charge in [-0.3, -0.25) is 9.59 Å². The first-order valence-corrected chi connectivity index (χ1v) is 13.1. The van der Waals surface area contributed by atoms with E-state index < -0.39 is 29.4 Å². The number of amides is 2. The van der Waals surface area contributed by atoms with Crippen molar-refractivity contribution < 1.29 is 19.1 Å². The van der Waals surface area contributed by atoms with Crippen molar-refractivity contribution in [3.63, 3.8) is 0 Å². The number of carbonyl (C=O) groups excluding carboxylic acids is 3. The van der Waals surface area contributed by atoms with Gasteiger partial charge in [0.25, 0.3) is 11.7 Å². The molecule has 0 bridgehead atoms. The summed E-state index contributed by atoms with van der Waals surface area (Å²) in [5, 5.41) is 7.89. The van der Waals surface area contributed by atoms with Crippen molar-refractivity contribution in [2.24, 2.45) is 0 Å². The summed E-state index contributed by atoms with van der Waals surface area (Å²) in [6.45, 7) is 7.34. The Balaban J connectivity index is 1.62. The Morgan fingerprint density at radius 1 is 1.19 bits per heavy atom. The third kappa shape index (κ3) is 5.92. The molecule has 0 saturated heterocycles. The molecule has 1 aliphatic rings. The van der Waals surface area contributed by atoms with E-state index in [1.54, 1.807) is 33.2 Å². The summed E-state index contributed by atoms with van der Waals surface area (Å²) in [4.78, 5) is 45.0. The number of ketones is 1. The van der Waals surface area contributed by atoms with E-state index in [1.165, 1.54) is 0 Å². The topological polar surface area (TPSA) is 116 Å². The van der Waals surface area contributed by atoms with E-state index in [0.717, 1.165) is 32.7 Å². The lowest BCUT2D eigenvalue weighted by molar-refractivity contribution is -0.117. The molecule has 0 saturated carbocycles. The standard InChI is InChI=1S/C26H28Br2N4O4/c1-25(2,3)36-24(35)31-13-21(17-11-29-19-6-5-14(27)9-15(17)19)32-23(34)22(33)18-12-30-20-7-8-26(4,28)10-16(18)20/h5-7,9-12,21,29-30H,8,13H2,1-4H3,(H,31,35)(H,32,34). The Hall–Kier alpha value is -2.85. The van der Waals surface area contributed by atoms with Gasteiger partial charge < -0.3 is 25.3 Å². The van der Waals surface area contributed by atoms with Crippen molar-refractivity contribution in [1.29, 1.82) is 0 Å². The van der Waals surface area contributed by atoms with E-state index in [-0.39, 0.29) is 10.9 Å². The summed E-state index contributed by atoms with van der Waals surface area (Å²) in [6.07, 6.45) is 7.41. The largest absolute Gasteiger partial charge is 0.444 e. The molecule has 0 aliphatic heterocycles. The molecule has 10 heteroatoms. The minimum absolute atomic E-state index is 0.0258. The van der Waals surface area contributed by atoms with E-state index >= 15 is 0 Å². The van der Waals surface area contributed by atoms with E-state index in [2.05, 4.69) is 52.5 Å². The zero-order valence-corrected chi connectivity index (χ0v) is 23.6. The van der Waals surface area contributed by atoms with Crippen molar-refractivity contribution in [3.8, 4) is 0 Å². The monoisotopic (exact) mass is 618 g/mol. The molecule has 1 aromatic carbocycles. The fourth-order valence-corrected chi connectivity index (χ4v) is 4.86. The second kappa shape index (κ2) is 9.89. The molecule has 8 nitrogen and oxygen atoms in total. The quantitative estimate of drug-likeness (QED) is 0.190. The summed E-state index contributed by atoms with van der Waals surface area (Å²) < 4.78 is 5.91. The molecule has 0 radical (unpaired) electrons. The number of fused-ring (bicyclic) bond motifs is 2. The van der Waals surface area contributed by atoms with Gasteiger partial charge in [0.2, 0.25) is 0 Å². The number of aromatic nitrogens is 2. The second-order valence-corrected chi connectivity index (χ2v) is 12.8. The fraction of sp³-hybridized carbons (Fsp3) is 0.346. The van der Waals surface area contributed by atoms with Gasteiger partial charge in [0.05, 0.1) is 11.6 Å². The number of ether oxygens (including phenoxy) is 1. The van der Waals surface area contributed by atoms with Gasteiger partial charge in [0.1, 0.15) is 5.60 Å². The van der Waals surface area contributed by atoms with Crippen LogP contribution >= 0.6 is 31.9 Å². The van der Waals surface area contributed by atoms with E-state index in [1.807, 2.05) is 37.3 Å². The van der Waals surface area contributed by atoms with E-state index in [0.29, 0.717) is 10.8 Å². The number of benzene rings is 1. The first-order chi connectivity index (χ1) is 16.8. The lowest BCUT2D eigenvalue weighted by atomic mass is 9.99. The van der Waals surface area contributed by atoms with Crippen LogP contribution in [0.15, 0.2) is 35.1 Å². The maximum Gasteiger partial charge on any atom is 0.407 e. The highest BCUT2D eigenvalue weighted by atomic mass is 79.9. The number of rotatable bonds is 6. The number of Topliss-reactive ketones (excluding diaryl/α,β-unsaturated/α-hetero) is 1. The minimum Gasteiger partial charge on any atom is -0.444 e. The Labute approximate surface area is 225 Å². The van der Waals surface area contributed by atoms with Crippen LogP contribution in [0, 0.1) is 0 Å². The molecule has 4 rings (SSSR count). The third-order valence-electron chi connectivity index (χ3n) is 5.76. The summed E-state index contributed by atoms with van der Waals surface area (Å²) in [5.74, 6) is -1.43. The average molecular weight is 620 g/mol. The highest BCUT2D eigenvalue weighted by Crippen LogP contribution is 2.28. The van der Waals surface area contributed by atoms with Crippen molar-refractivity contribution in [3.05, 3.63) is 56.8 Å². The van der Waals surface area contributed by atoms with Crippen molar-refractivity contribution in [2.45, 2.75) is 50.1 Å². The molecule has 1 aliphatic carbocycles. The number of nitrogens with one attached hydrogen (secondary N) is 4. The maximum atomic E-state index is 13.2. The van der Waals surface area contributed by atoms with Crippen LogP contribution < -0.4 is 21.2 Å². The van der Waals surface area contributed by atoms with E-state index in [9.17, 15) is 14.4 Å². The predicted octanol–water partition coefficient (Wildman–Crippen LogP) is 3.94. The first kappa shape index (κ1) is 26.2. The van der Waals surface area contributed by atoms with Gasteiger partial charge in [0.15, 0.2) is 0 Å². The van der Waals surface area contributed by atoms with Gasteiger partial charge >= 0.3 is 6.09 Å². The highest BCUT2D eigenvalue weighted by Gasteiger charge is 2.27. The number of halogens is 2. The number of hydrogen-bond donors (Lipinski definition) is 4. The highest BCUT2D eigenvalue weighted by molar-refractivity contribution is 9.10. The smallest absolute Gasteiger partial charge is 0.407 e. The number of hydrogen-bond acceptors (Lipinski definition) is 4. The second-order valence-electron chi connectivity index (χ2n) is 10.0. The molecule has 2 unspecified atom stereocenters. The van der Waals surface area contributed by atoms with Gasteiger partial charge in [-0.1, -0.05) is 44.0 Å². The first-order valence-electron chi connectivity index (χ1n) is 11.5. The number of alkyl halides is 1. The van der Waals surface area contributed by atoms with Crippen LogP contribution in [0.25, 0.3) is 23.1 Å². The minimum atomic E-state index is -0.771. The molecule has 190 valence electrons. The zero-order chi connectivity index (χ0) is 26.3. The van der Waals surface area contributed by atoms with Crippen LogP contribution in [0.2, 0.25) is 0 Å². The predicted molar refractivity (Wildman–Crippen MR) is 146 cm³/mol. The van der Waals surface area contributed by atoms with Gasteiger partial charge in [-0.15, -0.1) is 0 Å². The number of carbonyl (C=O) groups is 3. The molecule has 0 spiro atoms. The SMILES string of the molecule is CC1(Br)C=c2c(C(=O)C(=O)NC(CNC(=O)OC(C)(C)C)c3c[nH]c4ccc(Br)cc34)c[nH]c2=CC1. The van der Waals surface area contributed by atoms with Crippen molar-refractivity contribution >= 4 is 72.7 Å². The van der Waals surface area contributed by atoms with Crippen LogP contribution in [-0.2, 0) is 9.53 Å². The van der Waals surface area contributed by atoms with Crippen LogP contribution in [-0.4, -0.2) is 44.2 Å². The van der Waals surface area contributed by atoms with Crippen LogP contribution in [0.5, 0.6) is 0 Å². The molecule has 3 aromatic rings. The van der Waals surface area contributed by atoms with Gasteiger partial charge in [-0.2, -0.15) is 0 Å². The van der Waals surface area contributed by atoms with Crippen molar-refractivity contribution in [1.82, 2.24) is 20.6 Å². The molecule has 2 atom stereocenters. The molecular weight excluding hydrogens is 592 g/mol. The number of alkyl carbamates (subject to hydrolysis) is 1. The Bertz CT molecular complexity index is 1460. The fourth-order valence-electron chi connectivity index (χ4n) is 4.11. The molecule has 2 heterocycles.